The van der Waals surface area contributed by atoms with Crippen molar-refractivity contribution in [2.24, 2.45) is 0 Å². The van der Waals surface area contributed by atoms with Gasteiger partial charge in [0, 0.05) is 30.4 Å². The maximum absolute atomic E-state index is 13.7. The predicted octanol–water partition coefficient (Wildman–Crippen LogP) is 4.14. The van der Waals surface area contributed by atoms with Gasteiger partial charge in [0.15, 0.2) is 11.6 Å². The topological polar surface area (TPSA) is 34.1 Å². The summed E-state index contributed by atoms with van der Waals surface area (Å²) in [6.07, 6.45) is 3.89. The van der Waals surface area contributed by atoms with Crippen LogP contribution in [0, 0.1) is 11.6 Å². The van der Waals surface area contributed by atoms with Gasteiger partial charge in [0.2, 0.25) is 5.88 Å². The van der Waals surface area contributed by atoms with Crippen molar-refractivity contribution >= 4 is 11.8 Å². The van der Waals surface area contributed by atoms with Gasteiger partial charge in [-0.2, -0.15) is 11.8 Å². The molecule has 0 bridgehead atoms. The molecular weight excluding hydrogens is 318 g/mol. The van der Waals surface area contributed by atoms with Crippen molar-refractivity contribution in [2.75, 3.05) is 11.5 Å². The van der Waals surface area contributed by atoms with E-state index in [0.717, 1.165) is 24.5 Å². The van der Waals surface area contributed by atoms with Gasteiger partial charge in [0.25, 0.3) is 0 Å². The van der Waals surface area contributed by atoms with E-state index in [2.05, 4.69) is 10.3 Å². The molecule has 3 nitrogen and oxygen atoms in total. The van der Waals surface area contributed by atoms with E-state index in [4.69, 9.17) is 4.74 Å². The van der Waals surface area contributed by atoms with Gasteiger partial charge in [0.05, 0.1) is 0 Å². The maximum Gasteiger partial charge on any atom is 0.223 e. The monoisotopic (exact) mass is 336 g/mol. The molecule has 122 valence electrons. The summed E-state index contributed by atoms with van der Waals surface area (Å²) in [6, 6.07) is 7.45. The molecule has 0 radical (unpaired) electrons. The number of nitrogens with one attached hydrogen (secondary N) is 1. The van der Waals surface area contributed by atoms with Crippen LogP contribution in [0.1, 0.15) is 18.4 Å². The van der Waals surface area contributed by atoms with Crippen LogP contribution in [0.5, 0.6) is 11.6 Å². The first-order valence-corrected chi connectivity index (χ1v) is 8.76. The second-order valence-electron chi connectivity index (χ2n) is 5.41. The Balaban J connectivity index is 1.69. The highest BCUT2D eigenvalue weighted by molar-refractivity contribution is 7.99. The van der Waals surface area contributed by atoms with Crippen molar-refractivity contribution in [3.8, 4) is 11.6 Å². The van der Waals surface area contributed by atoms with E-state index in [-0.39, 0.29) is 5.75 Å². The molecule has 1 saturated heterocycles. The molecule has 1 aliphatic heterocycles. The summed E-state index contributed by atoms with van der Waals surface area (Å²) in [4.78, 5) is 4.17. The summed E-state index contributed by atoms with van der Waals surface area (Å²) < 4.78 is 32.2. The number of hydrogen-bond donors (Lipinski definition) is 1. The smallest absolute Gasteiger partial charge is 0.223 e. The number of thioether (sulfide) groups is 1. The van der Waals surface area contributed by atoms with Crippen LogP contribution >= 0.6 is 11.8 Å². The highest BCUT2D eigenvalue weighted by atomic mass is 32.2. The fourth-order valence-corrected chi connectivity index (χ4v) is 3.58. The number of rotatable bonds is 5. The van der Waals surface area contributed by atoms with Crippen molar-refractivity contribution in [3.63, 3.8) is 0 Å². The number of ether oxygens (including phenoxy) is 1. The van der Waals surface area contributed by atoms with Crippen LogP contribution in [0.25, 0.3) is 0 Å². The molecule has 3 rings (SSSR count). The molecule has 1 fully saturated rings. The molecule has 1 aliphatic rings. The Morgan fingerprint density at radius 3 is 2.83 bits per heavy atom. The predicted molar refractivity (Wildman–Crippen MR) is 87.9 cm³/mol. The highest BCUT2D eigenvalue weighted by Gasteiger charge is 2.15. The molecule has 0 saturated carbocycles. The summed E-state index contributed by atoms with van der Waals surface area (Å²) >= 11 is 1.98. The zero-order valence-electron chi connectivity index (χ0n) is 12.6. The minimum absolute atomic E-state index is 0.0274. The molecule has 0 atom stereocenters. The molecule has 2 aromatic rings. The summed E-state index contributed by atoms with van der Waals surface area (Å²) in [6.45, 7) is 0.612. The Bertz CT molecular complexity index is 663. The molecule has 1 aromatic carbocycles. The fraction of sp³-hybridized carbons (Fsp3) is 0.353. The van der Waals surface area contributed by atoms with Crippen LogP contribution < -0.4 is 10.1 Å². The molecule has 1 aromatic heterocycles. The van der Waals surface area contributed by atoms with E-state index in [1.165, 1.54) is 23.6 Å². The Hall–Kier alpha value is -1.66. The second kappa shape index (κ2) is 7.75. The van der Waals surface area contributed by atoms with Gasteiger partial charge in [0.1, 0.15) is 5.82 Å². The first-order chi connectivity index (χ1) is 11.2. The van der Waals surface area contributed by atoms with E-state index in [1.807, 2.05) is 23.9 Å². The van der Waals surface area contributed by atoms with Gasteiger partial charge in [-0.25, -0.2) is 13.8 Å². The Morgan fingerprint density at radius 2 is 2.04 bits per heavy atom. The van der Waals surface area contributed by atoms with E-state index < -0.39 is 11.6 Å². The van der Waals surface area contributed by atoms with Crippen molar-refractivity contribution in [3.05, 3.63) is 53.7 Å². The standard InChI is InChI=1S/C17H18F2N2OS/c18-13-3-4-16(15(19)10-13)22-17-12(2-1-7-20-17)11-21-14-5-8-23-9-6-14/h1-4,7,10,14,21H,5-6,8-9,11H2. The lowest BCUT2D eigenvalue weighted by Crippen LogP contribution is -2.32. The largest absolute Gasteiger partial charge is 0.436 e. The molecule has 2 heterocycles. The van der Waals surface area contributed by atoms with Gasteiger partial charge in [-0.1, -0.05) is 6.07 Å². The van der Waals surface area contributed by atoms with Crippen molar-refractivity contribution in [1.29, 1.82) is 0 Å². The number of benzene rings is 1. The van der Waals surface area contributed by atoms with E-state index in [1.54, 1.807) is 6.20 Å². The Kier molecular flexibility index (Phi) is 5.46. The zero-order valence-corrected chi connectivity index (χ0v) is 13.4. The fourth-order valence-electron chi connectivity index (χ4n) is 2.47. The summed E-state index contributed by atoms with van der Waals surface area (Å²) in [5, 5.41) is 3.50. The third-order valence-corrected chi connectivity index (χ3v) is 4.80. The van der Waals surface area contributed by atoms with Crippen LogP contribution in [-0.2, 0) is 6.54 Å². The molecule has 0 spiro atoms. The summed E-state index contributed by atoms with van der Waals surface area (Å²) in [5.74, 6) is 1.30. The second-order valence-corrected chi connectivity index (χ2v) is 6.64. The average molecular weight is 336 g/mol. The minimum Gasteiger partial charge on any atom is -0.436 e. The van der Waals surface area contributed by atoms with Crippen LogP contribution in [0.15, 0.2) is 36.5 Å². The number of aromatic nitrogens is 1. The minimum atomic E-state index is -0.737. The van der Waals surface area contributed by atoms with E-state index in [9.17, 15) is 8.78 Å². The Labute approximate surface area is 138 Å². The number of pyridine rings is 1. The maximum atomic E-state index is 13.7. The first kappa shape index (κ1) is 16.2. The zero-order chi connectivity index (χ0) is 16.1. The van der Waals surface area contributed by atoms with Gasteiger partial charge < -0.3 is 10.1 Å². The average Bonchev–Trinajstić information content (AvgIpc) is 2.57. The normalized spacial score (nSPS) is 15.6. The van der Waals surface area contributed by atoms with Gasteiger partial charge in [-0.05, 0) is 42.5 Å². The molecule has 6 heteroatoms. The molecular formula is C17H18F2N2OS. The van der Waals surface area contributed by atoms with Gasteiger partial charge in [-0.3, -0.25) is 0 Å². The van der Waals surface area contributed by atoms with Crippen molar-refractivity contribution < 1.29 is 13.5 Å². The van der Waals surface area contributed by atoms with Gasteiger partial charge >= 0.3 is 0 Å². The summed E-state index contributed by atoms with van der Waals surface area (Å²) in [7, 11) is 0. The molecule has 23 heavy (non-hydrogen) atoms. The molecule has 0 unspecified atom stereocenters. The highest BCUT2D eigenvalue weighted by Crippen LogP contribution is 2.26. The lowest BCUT2D eigenvalue weighted by Gasteiger charge is -2.23. The van der Waals surface area contributed by atoms with Crippen LogP contribution in [-0.4, -0.2) is 22.5 Å². The van der Waals surface area contributed by atoms with Crippen LogP contribution in [0.4, 0.5) is 8.78 Å². The Morgan fingerprint density at radius 1 is 1.22 bits per heavy atom. The number of halogens is 2. The summed E-state index contributed by atoms with van der Waals surface area (Å²) in [5.41, 5.74) is 0.856. The third kappa shape index (κ3) is 4.42. The lowest BCUT2D eigenvalue weighted by molar-refractivity contribution is 0.411. The molecule has 0 amide bonds. The number of hydrogen-bond acceptors (Lipinski definition) is 4. The molecule has 1 N–H and O–H groups in total. The quantitative estimate of drug-likeness (QED) is 0.890. The van der Waals surface area contributed by atoms with Crippen molar-refractivity contribution in [1.82, 2.24) is 10.3 Å². The lowest BCUT2D eigenvalue weighted by atomic mass is 10.1. The van der Waals surface area contributed by atoms with Crippen LogP contribution in [0.2, 0.25) is 0 Å². The first-order valence-electron chi connectivity index (χ1n) is 7.60. The van der Waals surface area contributed by atoms with E-state index in [0.29, 0.717) is 18.5 Å². The van der Waals surface area contributed by atoms with Crippen molar-refractivity contribution in [2.45, 2.75) is 25.4 Å². The van der Waals surface area contributed by atoms with Crippen LogP contribution in [0.3, 0.4) is 0 Å². The number of nitrogens with zero attached hydrogens (tertiary/aromatic N) is 1. The van der Waals surface area contributed by atoms with E-state index >= 15 is 0 Å². The molecule has 0 aliphatic carbocycles. The SMILES string of the molecule is Fc1ccc(Oc2ncccc2CNC2CCSCC2)c(F)c1. The van der Waals surface area contributed by atoms with Gasteiger partial charge in [-0.15, -0.1) is 0 Å². The third-order valence-electron chi connectivity index (χ3n) is 3.75.